The molecule has 1 aromatic carbocycles. The summed E-state index contributed by atoms with van der Waals surface area (Å²) in [5.74, 6) is 0.441. The van der Waals surface area contributed by atoms with Gasteiger partial charge in [-0.1, -0.05) is 36.4 Å². The van der Waals surface area contributed by atoms with Gasteiger partial charge in [0.15, 0.2) is 0 Å². The summed E-state index contributed by atoms with van der Waals surface area (Å²) in [4.78, 5) is 16.2. The van der Waals surface area contributed by atoms with Crippen LogP contribution in [0, 0.1) is 6.92 Å². The number of aryl methyl sites for hydroxylation is 1. The zero-order chi connectivity index (χ0) is 14.7. The predicted octanol–water partition coefficient (Wildman–Crippen LogP) is 2.93. The van der Waals surface area contributed by atoms with E-state index >= 15 is 0 Å². The monoisotopic (exact) mass is 281 g/mol. The van der Waals surface area contributed by atoms with E-state index < -0.39 is 6.09 Å². The largest absolute Gasteiger partial charge is 0.414 e. The van der Waals surface area contributed by atoms with Crippen LogP contribution in [0.4, 0.5) is 4.79 Å². The molecule has 2 aromatic heterocycles. The van der Waals surface area contributed by atoms with E-state index in [1.165, 1.54) is 0 Å². The maximum Gasteiger partial charge on any atom is 0.414 e. The summed E-state index contributed by atoms with van der Waals surface area (Å²) in [5.41, 5.74) is 2.45. The Hall–Kier alpha value is -2.82. The van der Waals surface area contributed by atoms with Crippen molar-refractivity contribution in [2.75, 3.05) is 0 Å². The SMILES string of the molecule is Cc1nc2ccccn2c1OC(=O)NCc1ccccc1. The van der Waals surface area contributed by atoms with Crippen molar-refractivity contribution in [3.05, 3.63) is 66.0 Å². The lowest BCUT2D eigenvalue weighted by molar-refractivity contribution is 0.197. The highest BCUT2D eigenvalue weighted by atomic mass is 16.6. The van der Waals surface area contributed by atoms with Crippen LogP contribution < -0.4 is 10.1 Å². The molecule has 0 saturated heterocycles. The maximum atomic E-state index is 11.9. The molecular weight excluding hydrogens is 266 g/mol. The molecule has 21 heavy (non-hydrogen) atoms. The number of benzene rings is 1. The highest BCUT2D eigenvalue weighted by Gasteiger charge is 2.13. The van der Waals surface area contributed by atoms with Gasteiger partial charge in [0, 0.05) is 12.7 Å². The van der Waals surface area contributed by atoms with Gasteiger partial charge >= 0.3 is 6.09 Å². The fraction of sp³-hybridized carbons (Fsp3) is 0.125. The number of hydrogen-bond donors (Lipinski definition) is 1. The van der Waals surface area contributed by atoms with Crippen LogP contribution in [0.5, 0.6) is 5.88 Å². The fourth-order valence-electron chi connectivity index (χ4n) is 2.11. The average molecular weight is 281 g/mol. The van der Waals surface area contributed by atoms with Crippen LogP contribution in [-0.2, 0) is 6.54 Å². The summed E-state index contributed by atoms with van der Waals surface area (Å²) in [6.07, 6.45) is 1.32. The number of carbonyl (C=O) groups excluding carboxylic acids is 1. The number of pyridine rings is 1. The molecule has 1 amide bonds. The number of rotatable bonds is 3. The standard InChI is InChI=1S/C16H15N3O2/c1-12-15(19-10-6-5-9-14(19)18-12)21-16(20)17-11-13-7-3-2-4-8-13/h2-10H,11H2,1H3,(H,17,20). The smallest absolute Gasteiger partial charge is 0.391 e. The van der Waals surface area contributed by atoms with E-state index in [1.807, 2.05) is 61.7 Å². The molecule has 0 bridgehead atoms. The number of fused-ring (bicyclic) bond motifs is 1. The lowest BCUT2D eigenvalue weighted by Gasteiger charge is -2.07. The molecule has 5 heteroatoms. The van der Waals surface area contributed by atoms with Crippen LogP contribution in [0.3, 0.4) is 0 Å². The molecule has 0 aliphatic carbocycles. The number of amides is 1. The van der Waals surface area contributed by atoms with Gasteiger partial charge in [0.25, 0.3) is 0 Å². The second-order valence-corrected chi connectivity index (χ2v) is 4.66. The van der Waals surface area contributed by atoms with Gasteiger partial charge < -0.3 is 10.1 Å². The van der Waals surface area contributed by atoms with E-state index in [-0.39, 0.29) is 0 Å². The summed E-state index contributed by atoms with van der Waals surface area (Å²) in [5, 5.41) is 2.73. The van der Waals surface area contributed by atoms with E-state index in [9.17, 15) is 4.79 Å². The van der Waals surface area contributed by atoms with E-state index in [0.29, 0.717) is 18.1 Å². The number of nitrogens with zero attached hydrogens (tertiary/aromatic N) is 2. The van der Waals surface area contributed by atoms with Gasteiger partial charge in [0.05, 0.1) is 0 Å². The van der Waals surface area contributed by atoms with Crippen LogP contribution in [-0.4, -0.2) is 15.5 Å². The molecule has 5 nitrogen and oxygen atoms in total. The first kappa shape index (κ1) is 13.2. The molecule has 0 atom stereocenters. The Kier molecular flexibility index (Phi) is 3.55. The minimum atomic E-state index is -0.493. The van der Waals surface area contributed by atoms with Gasteiger partial charge in [-0.05, 0) is 24.6 Å². The Balaban J connectivity index is 1.70. The van der Waals surface area contributed by atoms with Crippen molar-refractivity contribution in [1.29, 1.82) is 0 Å². The molecule has 0 spiro atoms. The van der Waals surface area contributed by atoms with Crippen LogP contribution in [0.25, 0.3) is 5.65 Å². The van der Waals surface area contributed by atoms with Crippen LogP contribution >= 0.6 is 0 Å². The minimum Gasteiger partial charge on any atom is -0.391 e. The second-order valence-electron chi connectivity index (χ2n) is 4.66. The molecule has 3 aromatic rings. The van der Waals surface area contributed by atoms with Crippen LogP contribution in [0.1, 0.15) is 11.3 Å². The van der Waals surface area contributed by atoms with E-state index in [0.717, 1.165) is 11.2 Å². The van der Waals surface area contributed by atoms with Crippen molar-refractivity contribution < 1.29 is 9.53 Å². The van der Waals surface area contributed by atoms with Crippen molar-refractivity contribution in [3.63, 3.8) is 0 Å². The van der Waals surface area contributed by atoms with Crippen LogP contribution in [0.2, 0.25) is 0 Å². The lowest BCUT2D eigenvalue weighted by atomic mass is 10.2. The van der Waals surface area contributed by atoms with Crippen molar-refractivity contribution in [1.82, 2.24) is 14.7 Å². The summed E-state index contributed by atoms with van der Waals surface area (Å²) in [6.45, 7) is 2.24. The topological polar surface area (TPSA) is 55.6 Å². The van der Waals surface area contributed by atoms with Crippen molar-refractivity contribution in [2.24, 2.45) is 0 Å². The quantitative estimate of drug-likeness (QED) is 0.803. The molecule has 1 N–H and O–H groups in total. The Bertz CT molecular complexity index is 766. The third-order valence-corrected chi connectivity index (χ3v) is 3.12. The average Bonchev–Trinajstić information content (AvgIpc) is 2.82. The molecule has 0 saturated carbocycles. The van der Waals surface area contributed by atoms with Gasteiger partial charge in [-0.15, -0.1) is 0 Å². The fourth-order valence-corrected chi connectivity index (χ4v) is 2.11. The number of hydrogen-bond acceptors (Lipinski definition) is 3. The van der Waals surface area contributed by atoms with E-state index in [2.05, 4.69) is 10.3 Å². The van der Waals surface area contributed by atoms with E-state index in [4.69, 9.17) is 4.74 Å². The molecular formula is C16H15N3O2. The summed E-state index contributed by atoms with van der Waals surface area (Å²) < 4.78 is 7.12. The zero-order valence-corrected chi connectivity index (χ0v) is 11.6. The molecule has 2 heterocycles. The molecule has 106 valence electrons. The molecule has 0 radical (unpaired) electrons. The number of aromatic nitrogens is 2. The predicted molar refractivity (Wildman–Crippen MR) is 79.2 cm³/mol. The minimum absolute atomic E-state index is 0.426. The Morgan fingerprint density at radius 2 is 1.95 bits per heavy atom. The third-order valence-electron chi connectivity index (χ3n) is 3.12. The Morgan fingerprint density at radius 1 is 1.19 bits per heavy atom. The summed E-state index contributed by atoms with van der Waals surface area (Å²) >= 11 is 0. The van der Waals surface area contributed by atoms with Crippen molar-refractivity contribution in [3.8, 4) is 5.88 Å². The number of nitrogens with one attached hydrogen (secondary N) is 1. The van der Waals surface area contributed by atoms with E-state index in [1.54, 1.807) is 4.40 Å². The highest BCUT2D eigenvalue weighted by Crippen LogP contribution is 2.19. The van der Waals surface area contributed by atoms with Gasteiger partial charge in [0.2, 0.25) is 5.88 Å². The maximum absolute atomic E-state index is 11.9. The third kappa shape index (κ3) is 2.86. The second kappa shape index (κ2) is 5.66. The molecule has 0 aliphatic heterocycles. The molecule has 0 fully saturated rings. The Labute approximate surface area is 122 Å². The summed E-state index contributed by atoms with van der Waals surface area (Å²) in [6, 6.07) is 15.3. The van der Waals surface area contributed by atoms with Gasteiger partial charge in [-0.3, -0.25) is 4.40 Å². The summed E-state index contributed by atoms with van der Waals surface area (Å²) in [7, 11) is 0. The van der Waals surface area contributed by atoms with Crippen molar-refractivity contribution >= 4 is 11.7 Å². The number of ether oxygens (including phenoxy) is 1. The first-order chi connectivity index (χ1) is 10.2. The van der Waals surface area contributed by atoms with Crippen molar-refractivity contribution in [2.45, 2.75) is 13.5 Å². The lowest BCUT2D eigenvalue weighted by Crippen LogP contribution is -2.26. The highest BCUT2D eigenvalue weighted by molar-refractivity contribution is 5.70. The molecule has 0 aliphatic rings. The number of imidazole rings is 1. The Morgan fingerprint density at radius 3 is 2.76 bits per heavy atom. The van der Waals surface area contributed by atoms with Gasteiger partial charge in [-0.25, -0.2) is 9.78 Å². The first-order valence-electron chi connectivity index (χ1n) is 6.67. The number of carbonyl (C=O) groups is 1. The van der Waals surface area contributed by atoms with Crippen LogP contribution in [0.15, 0.2) is 54.7 Å². The first-order valence-corrected chi connectivity index (χ1v) is 6.67. The van der Waals surface area contributed by atoms with Gasteiger partial charge in [0.1, 0.15) is 11.3 Å². The zero-order valence-electron chi connectivity index (χ0n) is 11.6. The van der Waals surface area contributed by atoms with Gasteiger partial charge in [-0.2, -0.15) is 0 Å². The molecule has 3 rings (SSSR count). The normalized spacial score (nSPS) is 10.5. The molecule has 0 unspecified atom stereocenters.